The van der Waals surface area contributed by atoms with Gasteiger partial charge in [-0.05, 0) is 38.8 Å². The van der Waals surface area contributed by atoms with Crippen molar-refractivity contribution in [1.29, 1.82) is 0 Å². The molecule has 0 aromatic carbocycles. The molecule has 0 bridgehead atoms. The fourth-order valence-electron chi connectivity index (χ4n) is 3.28. The predicted molar refractivity (Wildman–Crippen MR) is 93.0 cm³/mol. The van der Waals surface area contributed by atoms with Crippen LogP contribution in [0, 0.1) is 13.8 Å². The maximum Gasteiger partial charge on any atom is 0.271 e. The minimum Gasteiger partial charge on any atom is -0.383 e. The number of nitrogens with zero attached hydrogens (tertiary/aromatic N) is 4. The minimum absolute atomic E-state index is 0.000113. The topological polar surface area (TPSA) is 120 Å². The van der Waals surface area contributed by atoms with Gasteiger partial charge in [-0.15, -0.1) is 0 Å². The molecule has 3 rings (SSSR count). The summed E-state index contributed by atoms with van der Waals surface area (Å²) in [7, 11) is 0. The molecule has 1 saturated heterocycles. The number of piperidine rings is 1. The van der Waals surface area contributed by atoms with Crippen molar-refractivity contribution in [1.82, 2.24) is 19.4 Å². The highest BCUT2D eigenvalue weighted by Crippen LogP contribution is 2.27. The molecule has 1 aliphatic heterocycles. The lowest BCUT2D eigenvalue weighted by Gasteiger charge is -2.33. The number of aryl methyl sites for hydroxylation is 2. The first-order chi connectivity index (χ1) is 11.9. The first-order valence-electron chi connectivity index (χ1n) is 8.24. The molecule has 0 atom stereocenters. The van der Waals surface area contributed by atoms with E-state index in [0.29, 0.717) is 18.7 Å². The Labute approximate surface area is 145 Å². The van der Waals surface area contributed by atoms with Gasteiger partial charge in [0.05, 0.1) is 17.6 Å². The Bertz CT molecular complexity index is 821. The first-order valence-corrected chi connectivity index (χ1v) is 8.24. The Kier molecular flexibility index (Phi) is 4.43. The molecule has 2 aromatic rings. The molecule has 132 valence electrons. The maximum absolute atomic E-state index is 12.7. The second-order valence-corrected chi connectivity index (χ2v) is 6.36. The number of pyridine rings is 1. The molecule has 3 heterocycles. The fourth-order valence-corrected chi connectivity index (χ4v) is 3.28. The summed E-state index contributed by atoms with van der Waals surface area (Å²) in [4.78, 5) is 34.2. The van der Waals surface area contributed by atoms with Gasteiger partial charge in [0.25, 0.3) is 11.8 Å². The predicted octanol–water partition coefficient (Wildman–Crippen LogP) is 1.05. The van der Waals surface area contributed by atoms with Gasteiger partial charge in [0.2, 0.25) is 0 Å². The highest BCUT2D eigenvalue weighted by atomic mass is 16.2. The summed E-state index contributed by atoms with van der Waals surface area (Å²) in [6.45, 7) is 4.98. The average Bonchev–Trinajstić information content (AvgIpc) is 2.96. The van der Waals surface area contributed by atoms with E-state index in [-0.39, 0.29) is 23.5 Å². The number of amides is 2. The number of carbonyl (C=O) groups is 2. The van der Waals surface area contributed by atoms with Crippen molar-refractivity contribution in [3.63, 3.8) is 0 Å². The second-order valence-electron chi connectivity index (χ2n) is 6.36. The zero-order valence-electron chi connectivity index (χ0n) is 14.4. The van der Waals surface area contributed by atoms with Crippen LogP contribution in [-0.2, 0) is 0 Å². The number of aromatic nitrogens is 3. The lowest BCUT2D eigenvalue weighted by atomic mass is 10.0. The molecule has 4 N–H and O–H groups in total. The largest absolute Gasteiger partial charge is 0.383 e. The number of nitrogens with two attached hydrogens (primary N) is 2. The van der Waals surface area contributed by atoms with Crippen LogP contribution in [0.15, 0.2) is 18.5 Å². The van der Waals surface area contributed by atoms with Gasteiger partial charge in [0.15, 0.2) is 5.69 Å². The van der Waals surface area contributed by atoms with Gasteiger partial charge in [-0.2, -0.15) is 0 Å². The van der Waals surface area contributed by atoms with Gasteiger partial charge in [0, 0.05) is 24.8 Å². The smallest absolute Gasteiger partial charge is 0.271 e. The minimum atomic E-state index is -0.633. The number of imidazole rings is 1. The van der Waals surface area contributed by atoms with E-state index in [1.807, 2.05) is 30.9 Å². The molecule has 0 aliphatic carbocycles. The Balaban J connectivity index is 1.69. The van der Waals surface area contributed by atoms with E-state index in [1.54, 1.807) is 10.9 Å². The van der Waals surface area contributed by atoms with Gasteiger partial charge >= 0.3 is 0 Å². The normalized spacial score (nSPS) is 15.4. The number of carbonyl (C=O) groups excluding carboxylic acids is 2. The maximum atomic E-state index is 12.7. The lowest BCUT2D eigenvalue weighted by Crippen LogP contribution is -2.39. The molecule has 25 heavy (non-hydrogen) atoms. The Morgan fingerprint density at radius 2 is 1.88 bits per heavy atom. The molecule has 0 spiro atoms. The summed E-state index contributed by atoms with van der Waals surface area (Å²) in [6.07, 6.45) is 3.03. The van der Waals surface area contributed by atoms with Gasteiger partial charge in [-0.25, -0.2) is 4.98 Å². The zero-order valence-corrected chi connectivity index (χ0v) is 14.4. The summed E-state index contributed by atoms with van der Waals surface area (Å²) < 4.78 is 1.78. The zero-order chi connectivity index (χ0) is 18.1. The van der Waals surface area contributed by atoms with E-state index in [4.69, 9.17) is 11.5 Å². The quantitative estimate of drug-likeness (QED) is 0.864. The number of rotatable bonds is 3. The third-order valence-corrected chi connectivity index (χ3v) is 4.67. The van der Waals surface area contributed by atoms with Gasteiger partial charge < -0.3 is 20.9 Å². The molecular weight excluding hydrogens is 320 g/mol. The average molecular weight is 342 g/mol. The Morgan fingerprint density at radius 3 is 2.44 bits per heavy atom. The van der Waals surface area contributed by atoms with Crippen molar-refractivity contribution in [3.05, 3.63) is 41.1 Å². The highest BCUT2D eigenvalue weighted by Gasteiger charge is 2.27. The highest BCUT2D eigenvalue weighted by molar-refractivity contribution is 5.95. The van der Waals surface area contributed by atoms with Crippen molar-refractivity contribution in [2.75, 3.05) is 18.8 Å². The summed E-state index contributed by atoms with van der Waals surface area (Å²) in [5, 5.41) is 0. The molecule has 2 aromatic heterocycles. The van der Waals surface area contributed by atoms with Crippen molar-refractivity contribution in [2.24, 2.45) is 5.73 Å². The van der Waals surface area contributed by atoms with E-state index in [2.05, 4.69) is 9.97 Å². The molecule has 1 aliphatic rings. The van der Waals surface area contributed by atoms with E-state index < -0.39 is 5.91 Å². The van der Waals surface area contributed by atoms with Crippen LogP contribution in [0.2, 0.25) is 0 Å². The van der Waals surface area contributed by atoms with Crippen LogP contribution in [0.5, 0.6) is 0 Å². The van der Waals surface area contributed by atoms with Crippen LogP contribution in [0.4, 0.5) is 5.82 Å². The van der Waals surface area contributed by atoms with E-state index in [0.717, 1.165) is 24.2 Å². The van der Waals surface area contributed by atoms with Crippen molar-refractivity contribution in [2.45, 2.75) is 32.7 Å². The van der Waals surface area contributed by atoms with E-state index in [1.165, 1.54) is 0 Å². The molecule has 8 nitrogen and oxygen atoms in total. The summed E-state index contributed by atoms with van der Waals surface area (Å²) in [6, 6.07) is 3.78. The van der Waals surface area contributed by atoms with Crippen molar-refractivity contribution in [3.8, 4) is 0 Å². The summed E-state index contributed by atoms with van der Waals surface area (Å²) >= 11 is 0. The van der Waals surface area contributed by atoms with Crippen LogP contribution in [-0.4, -0.2) is 44.3 Å². The third-order valence-electron chi connectivity index (χ3n) is 4.67. The number of primary amides is 1. The van der Waals surface area contributed by atoms with Crippen LogP contribution in [0.3, 0.4) is 0 Å². The lowest BCUT2D eigenvalue weighted by molar-refractivity contribution is 0.0694. The van der Waals surface area contributed by atoms with Crippen LogP contribution in [0.1, 0.15) is 51.1 Å². The van der Waals surface area contributed by atoms with Crippen LogP contribution >= 0.6 is 0 Å². The second kappa shape index (κ2) is 6.54. The Morgan fingerprint density at radius 1 is 1.20 bits per heavy atom. The van der Waals surface area contributed by atoms with Crippen molar-refractivity contribution < 1.29 is 9.59 Å². The number of hydrogen-bond acceptors (Lipinski definition) is 5. The molecule has 2 amide bonds. The molecule has 0 radical (unpaired) electrons. The van der Waals surface area contributed by atoms with Gasteiger partial charge in [-0.1, -0.05) is 0 Å². The molecule has 1 fully saturated rings. The third kappa shape index (κ3) is 3.19. The van der Waals surface area contributed by atoms with Crippen LogP contribution in [0.25, 0.3) is 0 Å². The molecule has 8 heteroatoms. The summed E-state index contributed by atoms with van der Waals surface area (Å²) in [5.74, 6) is -0.345. The van der Waals surface area contributed by atoms with Gasteiger partial charge in [-0.3, -0.25) is 14.6 Å². The number of anilines is 1. The Hall–Kier alpha value is -2.90. The number of likely N-dealkylation sites (tertiary alicyclic amines) is 1. The summed E-state index contributed by atoms with van der Waals surface area (Å²) in [5.41, 5.74) is 13.6. The van der Waals surface area contributed by atoms with Gasteiger partial charge in [0.1, 0.15) is 5.82 Å². The first kappa shape index (κ1) is 16.9. The van der Waals surface area contributed by atoms with E-state index >= 15 is 0 Å². The van der Waals surface area contributed by atoms with Crippen molar-refractivity contribution >= 4 is 17.6 Å². The van der Waals surface area contributed by atoms with Crippen LogP contribution < -0.4 is 11.5 Å². The molecule has 0 unspecified atom stereocenters. The monoisotopic (exact) mass is 342 g/mol. The fraction of sp³-hybridized carbons (Fsp3) is 0.412. The standard InChI is InChI=1S/C17H22N6O2/c1-10-3-4-13(11(2)21-10)17(25)22-7-5-12(6-8-22)23-9-20-14(15(23)18)16(19)24/h3-4,9,12H,5-8,18H2,1-2H3,(H2,19,24). The number of hydrogen-bond donors (Lipinski definition) is 2. The van der Waals surface area contributed by atoms with E-state index in [9.17, 15) is 9.59 Å². The number of nitrogen functional groups attached to an aromatic ring is 1. The SMILES string of the molecule is Cc1ccc(C(=O)N2CCC(n3cnc(C(N)=O)c3N)CC2)c(C)n1. The molecular formula is C17H22N6O2. The molecule has 0 saturated carbocycles.